The normalized spacial score (nSPS) is 16.9. The maximum absolute atomic E-state index is 11.9. The van der Waals surface area contributed by atoms with Crippen molar-refractivity contribution in [2.45, 2.75) is 64.4 Å². The molecule has 0 unspecified atom stereocenters. The lowest BCUT2D eigenvalue weighted by Crippen LogP contribution is -2.32. The van der Waals surface area contributed by atoms with Crippen molar-refractivity contribution in [1.82, 2.24) is 0 Å². The molecule has 0 atom stereocenters. The Hall–Kier alpha value is -2.04. The Morgan fingerprint density at radius 2 is 1.83 bits per heavy atom. The predicted octanol–water partition coefficient (Wildman–Crippen LogP) is 4.24. The molecule has 0 aromatic heterocycles. The van der Waals surface area contributed by atoms with Crippen molar-refractivity contribution in [3.8, 4) is 0 Å². The van der Waals surface area contributed by atoms with Crippen LogP contribution in [0.4, 0.5) is 10.5 Å². The van der Waals surface area contributed by atoms with E-state index in [4.69, 9.17) is 4.74 Å². The largest absolute Gasteiger partial charge is 0.481 e. The molecule has 1 amide bonds. The van der Waals surface area contributed by atoms with E-state index in [1.807, 2.05) is 13.0 Å². The van der Waals surface area contributed by atoms with E-state index in [0.717, 1.165) is 24.0 Å². The van der Waals surface area contributed by atoms with Crippen LogP contribution < -0.4 is 5.32 Å². The quantitative estimate of drug-likeness (QED) is 0.874. The van der Waals surface area contributed by atoms with Crippen molar-refractivity contribution in [3.05, 3.63) is 29.3 Å². The molecule has 0 spiro atoms. The summed E-state index contributed by atoms with van der Waals surface area (Å²) in [5.74, 6) is -0.762. The maximum atomic E-state index is 11.9. The van der Waals surface area contributed by atoms with Gasteiger partial charge in [0.05, 0.1) is 5.41 Å². The van der Waals surface area contributed by atoms with Crippen LogP contribution in [0.5, 0.6) is 0 Å². The predicted molar refractivity (Wildman–Crippen MR) is 88.8 cm³/mol. The number of carbonyl (C=O) groups excluding carboxylic acids is 1. The van der Waals surface area contributed by atoms with E-state index in [1.165, 1.54) is 0 Å². The molecule has 0 aliphatic heterocycles. The molecule has 0 saturated heterocycles. The Morgan fingerprint density at radius 3 is 2.30 bits per heavy atom. The number of hydrogen-bond donors (Lipinski definition) is 2. The molecule has 126 valence electrons. The molecule has 2 N–H and O–H groups in total. The highest BCUT2D eigenvalue weighted by atomic mass is 16.6. The summed E-state index contributed by atoms with van der Waals surface area (Å²) in [7, 11) is 0. The van der Waals surface area contributed by atoms with E-state index in [1.54, 1.807) is 32.9 Å². The summed E-state index contributed by atoms with van der Waals surface area (Å²) in [6, 6.07) is 5.43. The van der Waals surface area contributed by atoms with Crippen molar-refractivity contribution in [3.63, 3.8) is 0 Å². The number of carboxylic acids is 1. The average Bonchev–Trinajstić information content (AvgIpc) is 2.89. The Kier molecular flexibility index (Phi) is 4.68. The Balaban J connectivity index is 2.21. The van der Waals surface area contributed by atoms with E-state index in [2.05, 4.69) is 5.32 Å². The molecule has 2 rings (SSSR count). The first kappa shape index (κ1) is 17.3. The Labute approximate surface area is 137 Å². The van der Waals surface area contributed by atoms with Crippen LogP contribution >= 0.6 is 0 Å². The minimum atomic E-state index is -0.783. The summed E-state index contributed by atoms with van der Waals surface area (Å²) in [6.45, 7) is 7.28. The second-order valence-electron chi connectivity index (χ2n) is 7.25. The summed E-state index contributed by atoms with van der Waals surface area (Å²) in [4.78, 5) is 23.6. The summed E-state index contributed by atoms with van der Waals surface area (Å²) < 4.78 is 5.24. The van der Waals surface area contributed by atoms with Crippen LogP contribution in [0.3, 0.4) is 0 Å². The first-order valence-corrected chi connectivity index (χ1v) is 7.99. The molecule has 1 aromatic carbocycles. The van der Waals surface area contributed by atoms with Crippen LogP contribution in [-0.2, 0) is 14.9 Å². The molecule has 1 aliphatic rings. The third-order valence-electron chi connectivity index (χ3n) is 4.28. The number of nitrogens with one attached hydrogen (secondary N) is 1. The van der Waals surface area contributed by atoms with Crippen LogP contribution in [-0.4, -0.2) is 22.8 Å². The van der Waals surface area contributed by atoms with Gasteiger partial charge in [-0.3, -0.25) is 10.1 Å². The summed E-state index contributed by atoms with van der Waals surface area (Å²) in [5, 5.41) is 12.4. The minimum absolute atomic E-state index is 0.512. The van der Waals surface area contributed by atoms with Crippen molar-refractivity contribution in [1.29, 1.82) is 0 Å². The van der Waals surface area contributed by atoms with E-state index in [0.29, 0.717) is 18.5 Å². The number of carbonyl (C=O) groups is 2. The van der Waals surface area contributed by atoms with Gasteiger partial charge in [0.25, 0.3) is 0 Å². The third-order valence-corrected chi connectivity index (χ3v) is 4.28. The van der Waals surface area contributed by atoms with Crippen molar-refractivity contribution in [2.24, 2.45) is 0 Å². The van der Waals surface area contributed by atoms with Gasteiger partial charge < -0.3 is 9.84 Å². The van der Waals surface area contributed by atoms with Crippen LogP contribution in [0, 0.1) is 6.92 Å². The molecule has 1 aliphatic carbocycles. The maximum Gasteiger partial charge on any atom is 0.412 e. The molecule has 1 fully saturated rings. The van der Waals surface area contributed by atoms with E-state index in [-0.39, 0.29) is 0 Å². The van der Waals surface area contributed by atoms with E-state index < -0.39 is 23.1 Å². The summed E-state index contributed by atoms with van der Waals surface area (Å²) >= 11 is 0. The highest BCUT2D eigenvalue weighted by Gasteiger charge is 2.42. The number of aryl methyl sites for hydroxylation is 1. The van der Waals surface area contributed by atoms with Crippen LogP contribution in [0.2, 0.25) is 0 Å². The summed E-state index contributed by atoms with van der Waals surface area (Å²) in [5.41, 5.74) is 0.946. The lowest BCUT2D eigenvalue weighted by atomic mass is 9.78. The molecule has 1 saturated carbocycles. The van der Waals surface area contributed by atoms with Crippen LogP contribution in [0.25, 0.3) is 0 Å². The smallest absolute Gasteiger partial charge is 0.412 e. The monoisotopic (exact) mass is 319 g/mol. The number of anilines is 1. The number of aliphatic carboxylic acids is 1. The van der Waals surface area contributed by atoms with Crippen molar-refractivity contribution >= 4 is 17.7 Å². The van der Waals surface area contributed by atoms with Crippen LogP contribution in [0.15, 0.2) is 18.2 Å². The number of rotatable bonds is 3. The second kappa shape index (κ2) is 6.22. The number of carboxylic acid groups (broad SMARTS) is 1. The molecule has 5 nitrogen and oxygen atoms in total. The first-order chi connectivity index (χ1) is 10.6. The van der Waals surface area contributed by atoms with E-state index >= 15 is 0 Å². The van der Waals surface area contributed by atoms with Gasteiger partial charge in [-0.15, -0.1) is 0 Å². The average molecular weight is 319 g/mol. The molecule has 1 aromatic rings. The fourth-order valence-corrected chi connectivity index (χ4v) is 3.12. The van der Waals surface area contributed by atoms with Crippen molar-refractivity contribution in [2.75, 3.05) is 5.32 Å². The lowest BCUT2D eigenvalue weighted by molar-refractivity contribution is -0.143. The topological polar surface area (TPSA) is 75.6 Å². The highest BCUT2D eigenvalue weighted by molar-refractivity contribution is 5.87. The molecule has 0 radical (unpaired) electrons. The lowest BCUT2D eigenvalue weighted by Gasteiger charge is -2.25. The second-order valence-corrected chi connectivity index (χ2v) is 7.25. The minimum Gasteiger partial charge on any atom is -0.481 e. The van der Waals surface area contributed by atoms with Gasteiger partial charge in [-0.25, -0.2) is 4.79 Å². The van der Waals surface area contributed by atoms with Gasteiger partial charge in [-0.2, -0.15) is 0 Å². The van der Waals surface area contributed by atoms with E-state index in [9.17, 15) is 14.7 Å². The molecule has 5 heteroatoms. The standard InChI is InChI=1S/C18H25NO4/c1-12-11-13(18(15(20)21)9-5-6-10-18)7-8-14(12)19-16(22)23-17(2,3)4/h7-8,11H,5-6,9-10H2,1-4H3,(H,19,22)(H,20,21). The van der Waals surface area contributed by atoms with Gasteiger partial charge in [-0.1, -0.05) is 25.0 Å². The fourth-order valence-electron chi connectivity index (χ4n) is 3.12. The molecular weight excluding hydrogens is 294 g/mol. The number of hydrogen-bond acceptors (Lipinski definition) is 3. The molecule has 23 heavy (non-hydrogen) atoms. The number of benzene rings is 1. The van der Waals surface area contributed by atoms with Crippen molar-refractivity contribution < 1.29 is 19.4 Å². The highest BCUT2D eigenvalue weighted by Crippen LogP contribution is 2.42. The van der Waals surface area contributed by atoms with Gasteiger partial charge in [-0.05, 0) is 57.7 Å². The molecule has 0 heterocycles. The zero-order valence-electron chi connectivity index (χ0n) is 14.2. The Morgan fingerprint density at radius 1 is 1.22 bits per heavy atom. The Bertz CT molecular complexity index is 610. The van der Waals surface area contributed by atoms with Gasteiger partial charge in [0.1, 0.15) is 5.60 Å². The first-order valence-electron chi connectivity index (χ1n) is 7.99. The zero-order chi connectivity index (χ0) is 17.3. The van der Waals surface area contributed by atoms with Gasteiger partial charge in [0.2, 0.25) is 0 Å². The number of ether oxygens (including phenoxy) is 1. The van der Waals surface area contributed by atoms with Gasteiger partial charge >= 0.3 is 12.1 Å². The fraction of sp³-hybridized carbons (Fsp3) is 0.556. The summed E-state index contributed by atoms with van der Waals surface area (Å²) in [6.07, 6.45) is 2.69. The van der Waals surface area contributed by atoms with Crippen LogP contribution in [0.1, 0.15) is 57.6 Å². The zero-order valence-corrected chi connectivity index (χ0v) is 14.2. The van der Waals surface area contributed by atoms with Gasteiger partial charge in [0.15, 0.2) is 0 Å². The SMILES string of the molecule is Cc1cc(C2(C(=O)O)CCCC2)ccc1NC(=O)OC(C)(C)C. The third kappa shape index (κ3) is 3.84. The molecular formula is C18H25NO4. The molecule has 0 bridgehead atoms. The number of amides is 1. The van der Waals surface area contributed by atoms with Gasteiger partial charge in [0, 0.05) is 5.69 Å².